The molecule has 1 spiro atoms. The van der Waals surface area contributed by atoms with E-state index in [9.17, 15) is 19.8 Å². The number of carbonyl (C=O) groups excluding carboxylic acids is 1. The second-order valence-electron chi connectivity index (χ2n) is 8.36. The van der Waals surface area contributed by atoms with Crippen LogP contribution in [0.25, 0.3) is 0 Å². The van der Waals surface area contributed by atoms with E-state index in [-0.39, 0.29) is 13.0 Å². The van der Waals surface area contributed by atoms with E-state index in [1.165, 1.54) is 7.11 Å². The number of benzene rings is 1. The molecule has 8 heteroatoms. The lowest BCUT2D eigenvalue weighted by molar-refractivity contribution is -0.159. The van der Waals surface area contributed by atoms with E-state index in [1.54, 1.807) is 7.11 Å². The minimum Gasteiger partial charge on any atom is -0.497 e. The van der Waals surface area contributed by atoms with Crippen molar-refractivity contribution in [2.24, 2.45) is 16.3 Å². The minimum absolute atomic E-state index is 0.0611. The Kier molecular flexibility index (Phi) is 5.10. The molecule has 1 saturated carbocycles. The van der Waals surface area contributed by atoms with Gasteiger partial charge < -0.3 is 19.7 Å². The lowest BCUT2D eigenvalue weighted by atomic mass is 9.52. The maximum absolute atomic E-state index is 12.8. The van der Waals surface area contributed by atoms with Crippen LogP contribution in [0.2, 0.25) is 0 Å². The largest absolute Gasteiger partial charge is 0.497 e. The number of β-amino-alcohol motifs (C(OH)–C–C–N with tert-alkyl or cyclic N) is 1. The first-order valence-corrected chi connectivity index (χ1v) is 10.3. The monoisotopic (exact) mass is 416 g/mol. The van der Waals surface area contributed by atoms with Crippen molar-refractivity contribution in [2.45, 2.75) is 37.6 Å². The van der Waals surface area contributed by atoms with Crippen molar-refractivity contribution >= 4 is 23.3 Å². The Hall–Kier alpha value is -2.45. The molecule has 8 nitrogen and oxygen atoms in total. The highest BCUT2D eigenvalue weighted by molar-refractivity contribution is 6.14. The fraction of sp³-hybridized carbons (Fsp3) is 0.591. The normalized spacial score (nSPS) is 32.1. The lowest BCUT2D eigenvalue weighted by Gasteiger charge is -2.52. The summed E-state index contributed by atoms with van der Waals surface area (Å²) in [6, 6.07) is 5.23. The molecule has 2 aliphatic heterocycles. The van der Waals surface area contributed by atoms with Gasteiger partial charge in [-0.3, -0.25) is 19.5 Å². The number of ether oxygens (including phenoxy) is 2. The summed E-state index contributed by atoms with van der Waals surface area (Å²) < 4.78 is 10.4. The van der Waals surface area contributed by atoms with Crippen molar-refractivity contribution in [3.8, 4) is 5.75 Å². The number of aliphatic hydroxyl groups is 1. The van der Waals surface area contributed by atoms with Gasteiger partial charge in [-0.1, -0.05) is 13.0 Å². The van der Waals surface area contributed by atoms with E-state index >= 15 is 0 Å². The Balaban J connectivity index is 1.99. The topological polar surface area (TPSA) is 109 Å². The van der Waals surface area contributed by atoms with Gasteiger partial charge in [0.05, 0.1) is 43.3 Å². The molecule has 2 heterocycles. The van der Waals surface area contributed by atoms with E-state index in [1.807, 2.05) is 25.1 Å². The van der Waals surface area contributed by atoms with Gasteiger partial charge in [0.25, 0.3) is 0 Å². The van der Waals surface area contributed by atoms with Gasteiger partial charge in [0.1, 0.15) is 5.75 Å². The van der Waals surface area contributed by atoms with Crippen LogP contribution in [0.1, 0.15) is 31.7 Å². The number of aliphatic carboxylic acids is 1. The maximum atomic E-state index is 12.8. The molecule has 3 aliphatic rings. The summed E-state index contributed by atoms with van der Waals surface area (Å²) in [4.78, 5) is 32.5. The molecule has 0 amide bonds. The molecule has 2 fully saturated rings. The zero-order valence-electron chi connectivity index (χ0n) is 17.6. The van der Waals surface area contributed by atoms with Crippen LogP contribution in [0.15, 0.2) is 23.2 Å². The number of carbonyl (C=O) groups is 2. The number of hydrogen-bond donors (Lipinski definition) is 2. The molecule has 0 unspecified atom stereocenters. The lowest BCUT2D eigenvalue weighted by Crippen LogP contribution is -2.65. The third kappa shape index (κ3) is 2.56. The highest BCUT2D eigenvalue weighted by Gasteiger charge is 2.69. The minimum atomic E-state index is -1.16. The molecule has 4 atom stereocenters. The van der Waals surface area contributed by atoms with E-state index in [4.69, 9.17) is 14.5 Å². The van der Waals surface area contributed by atoms with Crippen molar-refractivity contribution in [1.29, 1.82) is 0 Å². The number of fused-ring (bicyclic) bond motifs is 1. The van der Waals surface area contributed by atoms with E-state index < -0.39 is 34.7 Å². The number of methoxy groups -OCH3 is 2. The second-order valence-corrected chi connectivity index (χ2v) is 8.36. The summed E-state index contributed by atoms with van der Waals surface area (Å²) in [5.74, 6) is -1.44. The number of likely N-dealkylation sites (tertiary alicyclic amines) is 1. The number of esters is 1. The Morgan fingerprint density at radius 3 is 2.70 bits per heavy atom. The van der Waals surface area contributed by atoms with Gasteiger partial charge in [-0.25, -0.2) is 0 Å². The van der Waals surface area contributed by atoms with Crippen molar-refractivity contribution in [3.05, 3.63) is 23.8 Å². The highest BCUT2D eigenvalue weighted by Crippen LogP contribution is 2.62. The van der Waals surface area contributed by atoms with Crippen LogP contribution in [0.3, 0.4) is 0 Å². The average molecular weight is 416 g/mol. The summed E-state index contributed by atoms with van der Waals surface area (Å²) in [6.45, 7) is 2.80. The van der Waals surface area contributed by atoms with Crippen molar-refractivity contribution < 1.29 is 29.3 Å². The Labute approximate surface area is 175 Å². The summed E-state index contributed by atoms with van der Waals surface area (Å²) >= 11 is 0. The number of carboxylic acid groups (broad SMARTS) is 1. The molecule has 4 rings (SSSR count). The number of nitrogens with zero attached hydrogens (tertiary/aromatic N) is 2. The summed E-state index contributed by atoms with van der Waals surface area (Å²) in [5.41, 5.74) is 0.462. The van der Waals surface area contributed by atoms with Crippen LogP contribution >= 0.6 is 0 Å². The van der Waals surface area contributed by atoms with Gasteiger partial charge in [-0.2, -0.15) is 0 Å². The summed E-state index contributed by atoms with van der Waals surface area (Å²) in [6.07, 6.45) is 1.13. The first kappa shape index (κ1) is 20.8. The quantitative estimate of drug-likeness (QED) is 0.680. The number of rotatable bonds is 6. The molecule has 1 saturated heterocycles. The highest BCUT2D eigenvalue weighted by atomic mass is 16.5. The molecular weight excluding hydrogens is 388 g/mol. The Morgan fingerprint density at radius 1 is 1.33 bits per heavy atom. The van der Waals surface area contributed by atoms with Gasteiger partial charge in [-0.15, -0.1) is 0 Å². The van der Waals surface area contributed by atoms with Crippen LogP contribution in [0, 0.1) is 11.3 Å². The number of aliphatic imine (C=N–C) groups is 1. The predicted molar refractivity (Wildman–Crippen MR) is 109 cm³/mol. The predicted octanol–water partition coefficient (Wildman–Crippen LogP) is 1.76. The molecule has 0 aromatic heterocycles. The third-order valence-electron chi connectivity index (χ3n) is 7.36. The van der Waals surface area contributed by atoms with Crippen LogP contribution in [-0.2, 0) is 19.7 Å². The smallest absolute Gasteiger partial charge is 0.314 e. The zero-order chi connectivity index (χ0) is 21.7. The van der Waals surface area contributed by atoms with E-state index in [2.05, 4.69) is 4.90 Å². The molecule has 0 bridgehead atoms. The molecule has 1 aromatic carbocycles. The second kappa shape index (κ2) is 7.35. The van der Waals surface area contributed by atoms with E-state index in [0.29, 0.717) is 43.1 Å². The van der Waals surface area contributed by atoms with Gasteiger partial charge in [0.15, 0.2) is 0 Å². The van der Waals surface area contributed by atoms with Crippen LogP contribution in [0.4, 0.5) is 5.69 Å². The first-order valence-electron chi connectivity index (χ1n) is 10.3. The number of carboxylic acids is 1. The molecule has 162 valence electrons. The van der Waals surface area contributed by atoms with Crippen LogP contribution in [-0.4, -0.2) is 72.7 Å². The van der Waals surface area contributed by atoms with Crippen molar-refractivity contribution in [1.82, 2.24) is 4.90 Å². The molecule has 1 aromatic rings. The molecule has 2 N–H and O–H groups in total. The van der Waals surface area contributed by atoms with Crippen LogP contribution < -0.4 is 4.74 Å². The number of hydrogen-bond acceptors (Lipinski definition) is 7. The van der Waals surface area contributed by atoms with Gasteiger partial charge in [0.2, 0.25) is 0 Å². The average Bonchev–Trinajstić information content (AvgIpc) is 3.29. The first-order chi connectivity index (χ1) is 14.4. The molecule has 0 radical (unpaired) electrons. The maximum Gasteiger partial charge on any atom is 0.314 e. The third-order valence-corrected chi connectivity index (χ3v) is 7.36. The van der Waals surface area contributed by atoms with Crippen LogP contribution in [0.5, 0.6) is 5.75 Å². The molecule has 30 heavy (non-hydrogen) atoms. The zero-order valence-corrected chi connectivity index (χ0v) is 17.6. The van der Waals surface area contributed by atoms with Gasteiger partial charge in [0, 0.05) is 24.4 Å². The fourth-order valence-electron chi connectivity index (χ4n) is 6.11. The van der Waals surface area contributed by atoms with E-state index in [0.717, 1.165) is 5.56 Å². The Morgan fingerprint density at radius 2 is 2.10 bits per heavy atom. The van der Waals surface area contributed by atoms with Gasteiger partial charge in [-0.05, 0) is 37.4 Å². The van der Waals surface area contributed by atoms with Gasteiger partial charge >= 0.3 is 11.9 Å². The summed E-state index contributed by atoms with van der Waals surface area (Å²) in [7, 11) is 2.91. The SMILES string of the molecule is CC[C@]1(C(=O)O)C[C@@H](C(=O)OC)C2=Nc3cc(OC)ccc3[C@@]23CCN(CCO)[C@H]13. The van der Waals surface area contributed by atoms with Crippen molar-refractivity contribution in [2.75, 3.05) is 33.9 Å². The summed E-state index contributed by atoms with van der Waals surface area (Å²) in [5, 5.41) is 20.1. The molecular formula is C22H28N2O6. The molecule has 1 aliphatic carbocycles. The Bertz CT molecular complexity index is 915. The standard InChI is InChI=1S/C22H28N2O6/c1-4-21(20(27)28)12-14(18(26)30-3)17-22(7-8-24(9-10-25)19(21)22)15-6-5-13(29-2)11-16(15)23-17/h5-6,11,14,19,25H,4,7-10,12H2,1-3H3,(H,27,28)/t14-,19-,21+,22+/m1/s1. The fourth-order valence-corrected chi connectivity index (χ4v) is 6.11. The van der Waals surface area contributed by atoms with Crippen molar-refractivity contribution in [3.63, 3.8) is 0 Å². The number of aliphatic hydroxyl groups excluding tert-OH is 1.